The molecule has 1 aliphatic heterocycles. The summed E-state index contributed by atoms with van der Waals surface area (Å²) < 4.78 is 0. The summed E-state index contributed by atoms with van der Waals surface area (Å²) in [5.74, 6) is -0.326. The number of hydrogen-bond donors (Lipinski definition) is 2. The van der Waals surface area contributed by atoms with Crippen LogP contribution in [0.4, 0.5) is 5.69 Å². The summed E-state index contributed by atoms with van der Waals surface area (Å²) >= 11 is 1.44. The zero-order valence-corrected chi connectivity index (χ0v) is 19.8. The second-order valence-corrected chi connectivity index (χ2v) is 8.96. The number of thioether (sulfide) groups is 1. The van der Waals surface area contributed by atoms with Gasteiger partial charge in [-0.2, -0.15) is 4.80 Å². The van der Waals surface area contributed by atoms with Crippen LogP contribution in [-0.4, -0.2) is 50.2 Å². The lowest BCUT2D eigenvalue weighted by Crippen LogP contribution is -2.48. The molecule has 0 saturated carbocycles. The minimum absolute atomic E-state index is 0.159. The number of carbonyl (C=O) groups is 3. The van der Waals surface area contributed by atoms with Gasteiger partial charge >= 0.3 is 0 Å². The predicted molar refractivity (Wildman–Crippen MR) is 134 cm³/mol. The number of tetrazole rings is 1. The number of para-hydroxylation sites is 1. The standard InChI is InChI=1S/C25H21N7O3S/c33-22(15-31-20-8-4-5-9-21(20)36-16-23(31)34)26-28-25(35)19-12-10-17(11-13-19)14-32-29-24(27-30-32)18-6-2-1-3-7-18/h1-13H,14-16H2,(H,26,33)(H,28,35). The number of nitrogens with one attached hydrogen (secondary N) is 2. The molecular formula is C25H21N7O3S. The van der Waals surface area contributed by atoms with Gasteiger partial charge < -0.3 is 4.90 Å². The summed E-state index contributed by atoms with van der Waals surface area (Å²) in [6.07, 6.45) is 0. The maximum absolute atomic E-state index is 12.5. The molecule has 4 aromatic rings. The van der Waals surface area contributed by atoms with Gasteiger partial charge in [-0.05, 0) is 35.0 Å². The monoisotopic (exact) mass is 499 g/mol. The molecule has 0 bridgehead atoms. The van der Waals surface area contributed by atoms with Crippen molar-refractivity contribution in [2.45, 2.75) is 11.4 Å². The number of hydrogen-bond acceptors (Lipinski definition) is 7. The topological polar surface area (TPSA) is 122 Å². The molecule has 5 rings (SSSR count). The van der Waals surface area contributed by atoms with Gasteiger partial charge in [0.1, 0.15) is 6.54 Å². The summed E-state index contributed by atoms with van der Waals surface area (Å²) in [4.78, 5) is 41.1. The number of fused-ring (bicyclic) bond motifs is 1. The van der Waals surface area contributed by atoms with E-state index in [0.29, 0.717) is 23.6 Å². The molecule has 1 aromatic heterocycles. The Morgan fingerprint density at radius 3 is 2.47 bits per heavy atom. The van der Waals surface area contributed by atoms with Crippen molar-refractivity contribution in [1.82, 2.24) is 31.1 Å². The Morgan fingerprint density at radius 2 is 1.67 bits per heavy atom. The van der Waals surface area contributed by atoms with Gasteiger partial charge in [0.25, 0.3) is 11.8 Å². The van der Waals surface area contributed by atoms with E-state index >= 15 is 0 Å². The van der Waals surface area contributed by atoms with Crippen LogP contribution in [-0.2, 0) is 16.1 Å². The Morgan fingerprint density at radius 1 is 0.917 bits per heavy atom. The van der Waals surface area contributed by atoms with Crippen LogP contribution < -0.4 is 15.8 Å². The molecule has 0 aliphatic carbocycles. The summed E-state index contributed by atoms with van der Waals surface area (Å²) in [7, 11) is 0. The number of aromatic nitrogens is 4. The van der Waals surface area contributed by atoms with Crippen LogP contribution in [0.3, 0.4) is 0 Å². The van der Waals surface area contributed by atoms with Gasteiger partial charge in [-0.15, -0.1) is 22.0 Å². The largest absolute Gasteiger partial charge is 0.301 e. The quantitative estimate of drug-likeness (QED) is 0.390. The average molecular weight is 500 g/mol. The molecule has 0 saturated heterocycles. The Labute approximate surface area is 210 Å². The van der Waals surface area contributed by atoms with E-state index in [-0.39, 0.29) is 18.2 Å². The molecule has 0 fully saturated rings. The molecule has 0 unspecified atom stereocenters. The fraction of sp³-hybridized carbons (Fsp3) is 0.120. The highest BCUT2D eigenvalue weighted by atomic mass is 32.2. The van der Waals surface area contributed by atoms with Gasteiger partial charge in [0, 0.05) is 16.0 Å². The second kappa shape index (κ2) is 10.4. The number of rotatable bonds is 6. The summed E-state index contributed by atoms with van der Waals surface area (Å²) in [6, 6.07) is 23.8. The SMILES string of the molecule is O=C(CN1C(=O)CSc2ccccc21)NNC(=O)c1ccc(Cn2nnc(-c3ccccc3)n2)cc1. The van der Waals surface area contributed by atoms with E-state index in [1.54, 1.807) is 30.3 Å². The van der Waals surface area contributed by atoms with Crippen LogP contribution in [0.25, 0.3) is 11.4 Å². The third-order valence-corrected chi connectivity index (χ3v) is 6.50. The summed E-state index contributed by atoms with van der Waals surface area (Å²) in [5.41, 5.74) is 7.59. The van der Waals surface area contributed by atoms with E-state index in [0.717, 1.165) is 16.0 Å². The highest BCUT2D eigenvalue weighted by molar-refractivity contribution is 8.00. The Balaban J connectivity index is 1.14. The maximum Gasteiger partial charge on any atom is 0.269 e. The summed E-state index contributed by atoms with van der Waals surface area (Å²) in [6.45, 7) is 0.202. The highest BCUT2D eigenvalue weighted by Crippen LogP contribution is 2.34. The number of nitrogens with zero attached hydrogens (tertiary/aromatic N) is 5. The number of hydrazine groups is 1. The normalized spacial score (nSPS) is 12.7. The lowest BCUT2D eigenvalue weighted by Gasteiger charge is -2.28. The Hall–Kier alpha value is -4.51. The van der Waals surface area contributed by atoms with Gasteiger partial charge in [-0.1, -0.05) is 54.6 Å². The van der Waals surface area contributed by atoms with Crippen molar-refractivity contribution in [2.24, 2.45) is 0 Å². The molecule has 2 N–H and O–H groups in total. The van der Waals surface area contributed by atoms with E-state index in [4.69, 9.17) is 0 Å². The third-order valence-electron chi connectivity index (χ3n) is 5.45. The smallest absolute Gasteiger partial charge is 0.269 e. The van der Waals surface area contributed by atoms with Crippen molar-refractivity contribution >= 4 is 35.2 Å². The van der Waals surface area contributed by atoms with Crippen molar-refractivity contribution in [3.8, 4) is 11.4 Å². The molecule has 11 heteroatoms. The van der Waals surface area contributed by atoms with Crippen LogP contribution in [0.15, 0.2) is 83.8 Å². The average Bonchev–Trinajstić information content (AvgIpc) is 3.38. The number of carbonyl (C=O) groups excluding carboxylic acids is 3. The molecule has 0 atom stereocenters. The second-order valence-electron chi connectivity index (χ2n) is 7.94. The fourth-order valence-electron chi connectivity index (χ4n) is 3.65. The molecule has 2 heterocycles. The van der Waals surface area contributed by atoms with Crippen molar-refractivity contribution < 1.29 is 14.4 Å². The van der Waals surface area contributed by atoms with Crippen molar-refractivity contribution in [3.05, 3.63) is 90.0 Å². The molecule has 10 nitrogen and oxygen atoms in total. The highest BCUT2D eigenvalue weighted by Gasteiger charge is 2.26. The van der Waals surface area contributed by atoms with Crippen molar-refractivity contribution in [3.63, 3.8) is 0 Å². The van der Waals surface area contributed by atoms with Crippen molar-refractivity contribution in [1.29, 1.82) is 0 Å². The summed E-state index contributed by atoms with van der Waals surface area (Å²) in [5, 5.41) is 12.5. The number of amides is 3. The third kappa shape index (κ3) is 5.26. The Bertz CT molecular complexity index is 1410. The first kappa shape index (κ1) is 23.2. The maximum atomic E-state index is 12.5. The van der Waals surface area contributed by atoms with E-state index in [1.165, 1.54) is 21.5 Å². The molecule has 0 spiro atoms. The van der Waals surface area contributed by atoms with E-state index in [1.807, 2.05) is 48.5 Å². The van der Waals surface area contributed by atoms with Crippen LogP contribution >= 0.6 is 11.8 Å². The molecule has 36 heavy (non-hydrogen) atoms. The minimum atomic E-state index is -0.499. The molecular weight excluding hydrogens is 478 g/mol. The molecule has 1 aliphatic rings. The van der Waals surface area contributed by atoms with Crippen molar-refractivity contribution in [2.75, 3.05) is 17.2 Å². The predicted octanol–water partition coefficient (Wildman–Crippen LogP) is 2.29. The molecule has 3 amide bonds. The van der Waals surface area contributed by atoms with Crippen LogP contribution in [0.5, 0.6) is 0 Å². The van der Waals surface area contributed by atoms with Crippen LogP contribution in [0, 0.1) is 0 Å². The first-order valence-corrected chi connectivity index (χ1v) is 12.1. The fourth-order valence-corrected chi connectivity index (χ4v) is 4.58. The molecule has 3 aromatic carbocycles. The van der Waals surface area contributed by atoms with Gasteiger partial charge in [0.05, 0.1) is 18.0 Å². The van der Waals surface area contributed by atoms with Gasteiger partial charge in [0.15, 0.2) is 0 Å². The van der Waals surface area contributed by atoms with Crippen LogP contribution in [0.1, 0.15) is 15.9 Å². The number of benzene rings is 3. The zero-order chi connectivity index (χ0) is 24.9. The minimum Gasteiger partial charge on any atom is -0.301 e. The number of anilines is 1. The van der Waals surface area contributed by atoms with Crippen LogP contribution in [0.2, 0.25) is 0 Å². The van der Waals surface area contributed by atoms with Gasteiger partial charge in [0.2, 0.25) is 11.7 Å². The first-order valence-electron chi connectivity index (χ1n) is 11.1. The van der Waals surface area contributed by atoms with Gasteiger partial charge in [-0.3, -0.25) is 25.2 Å². The van der Waals surface area contributed by atoms with E-state index < -0.39 is 11.8 Å². The van der Waals surface area contributed by atoms with E-state index in [2.05, 4.69) is 26.3 Å². The van der Waals surface area contributed by atoms with E-state index in [9.17, 15) is 14.4 Å². The first-order chi connectivity index (χ1) is 17.6. The Kier molecular flexibility index (Phi) is 6.72. The zero-order valence-electron chi connectivity index (χ0n) is 19.0. The lowest BCUT2D eigenvalue weighted by molar-refractivity contribution is -0.123. The van der Waals surface area contributed by atoms with Gasteiger partial charge in [-0.25, -0.2) is 0 Å². The lowest BCUT2D eigenvalue weighted by atomic mass is 10.1. The molecule has 0 radical (unpaired) electrons. The molecule has 180 valence electrons.